The Hall–Kier alpha value is -6.95. The summed E-state index contributed by atoms with van der Waals surface area (Å²) in [7, 11) is 0. The van der Waals surface area contributed by atoms with Crippen molar-refractivity contribution >= 4 is 41.4 Å². The second kappa shape index (κ2) is 40.0. The quantitative estimate of drug-likeness (QED) is 0.0249. The van der Waals surface area contributed by atoms with E-state index in [1.54, 1.807) is 27.8 Å². The van der Waals surface area contributed by atoms with Gasteiger partial charge in [-0.3, -0.25) is 43.6 Å². The van der Waals surface area contributed by atoms with Crippen LogP contribution in [0.5, 0.6) is 11.8 Å². The van der Waals surface area contributed by atoms with E-state index in [1.165, 1.54) is 49.5 Å². The van der Waals surface area contributed by atoms with Crippen molar-refractivity contribution in [3.8, 4) is 23.0 Å². The molecule has 2 amide bonds. The Bertz CT molecular complexity index is 2660. The minimum Gasteiger partial charge on any atom is -0.480 e. The predicted molar refractivity (Wildman–Crippen MR) is 323 cm³/mol. The van der Waals surface area contributed by atoms with Gasteiger partial charge in [-0.05, 0) is 70.0 Å². The van der Waals surface area contributed by atoms with E-state index in [2.05, 4.69) is 25.5 Å². The number of pyridine rings is 3. The lowest BCUT2D eigenvalue weighted by Crippen LogP contribution is -2.55. The summed E-state index contributed by atoms with van der Waals surface area (Å²) in [6.07, 6.45) is 7.00. The van der Waals surface area contributed by atoms with Gasteiger partial charge in [0.1, 0.15) is 0 Å². The standard InChI is InChI=1S/C59H90F3N11O10.C2HF3O2/c1-4-45-40-72(58(81)47-22-25-52(82-5-2)67-56(47)59(60,61)62)37-38-73(45)50-24-23-48(46-21-20-28-65-57(46)83-6-3)66-49(50)39-63-26-18-16-14-12-10-8-7-9-11-13-15-17-19-27-64-51(74)41-68-29-31-69(42-53(75)76)33-35-71(44-55(79)80)36-34-70(32-30-68)43-54(77)78;3-2(4,5)1(6)7/h20-25,28,45,63H,4-19,26-27,29-44H2,1-3H3,(H,64,74)(H,75,76)(H,77,78)(H,79,80);(H,6,7)/t45-;/m1./s1. The molecule has 3 aromatic heterocycles. The number of amides is 2. The summed E-state index contributed by atoms with van der Waals surface area (Å²) < 4.78 is 85.3. The zero-order chi connectivity index (χ0) is 66.1. The summed E-state index contributed by atoms with van der Waals surface area (Å²) >= 11 is 0. The van der Waals surface area contributed by atoms with Crippen molar-refractivity contribution < 1.29 is 85.0 Å². The van der Waals surface area contributed by atoms with Crippen LogP contribution in [0.25, 0.3) is 11.3 Å². The molecule has 2 aliphatic heterocycles. The van der Waals surface area contributed by atoms with Crippen molar-refractivity contribution in [3.05, 3.63) is 59.5 Å². The third-order valence-corrected chi connectivity index (χ3v) is 15.3. The number of carboxylic acid groups (broad SMARTS) is 4. The SMILES string of the molecule is CCOc1ccc(C(=O)N2CCN(c3ccc(-c4cccnc4OCC)nc3CNCCCCCCCCCCCCCCCNC(=O)CN3CCN(CC(=O)O)CCN(CC(=O)O)CCN(CC(=O)O)CC3)[C@H](CC)C2)c(C(F)(F)F)n1.O=C(O)C(F)(F)F. The van der Waals surface area contributed by atoms with E-state index in [4.69, 9.17) is 24.4 Å². The van der Waals surface area contributed by atoms with Crippen LogP contribution in [0.15, 0.2) is 42.6 Å². The fraction of sp³-hybridized carbons (Fsp3) is 0.656. The molecule has 2 fully saturated rings. The molecule has 90 heavy (non-hydrogen) atoms. The summed E-state index contributed by atoms with van der Waals surface area (Å²) in [6, 6.07) is 10.0. The van der Waals surface area contributed by atoms with E-state index >= 15 is 0 Å². The average Bonchev–Trinajstić information content (AvgIpc) is 0.913. The summed E-state index contributed by atoms with van der Waals surface area (Å²) in [4.78, 5) is 94.4. The third kappa shape index (κ3) is 28.1. The number of nitrogens with one attached hydrogen (secondary N) is 2. The van der Waals surface area contributed by atoms with Crippen molar-refractivity contribution in [2.45, 2.75) is 136 Å². The number of carbonyl (C=O) groups excluding carboxylic acids is 2. The molecule has 29 heteroatoms. The largest absolute Gasteiger partial charge is 0.490 e. The van der Waals surface area contributed by atoms with Crippen LogP contribution in [-0.4, -0.2) is 232 Å². The average molecular weight is 1280 g/mol. The molecule has 0 saturated carbocycles. The Morgan fingerprint density at radius 3 is 1.54 bits per heavy atom. The molecule has 0 bridgehead atoms. The topological polar surface area (TPSA) is 284 Å². The highest BCUT2D eigenvalue weighted by atomic mass is 19.4. The number of hydrogen-bond donors (Lipinski definition) is 6. The molecule has 5 heterocycles. The third-order valence-electron chi connectivity index (χ3n) is 15.3. The zero-order valence-corrected chi connectivity index (χ0v) is 52.0. The smallest absolute Gasteiger partial charge is 0.480 e. The van der Waals surface area contributed by atoms with Gasteiger partial charge < -0.3 is 50.3 Å². The minimum atomic E-state index is -5.08. The molecule has 2 saturated heterocycles. The van der Waals surface area contributed by atoms with Crippen LogP contribution in [0.3, 0.4) is 0 Å². The lowest BCUT2D eigenvalue weighted by Gasteiger charge is -2.43. The molecule has 0 unspecified atom stereocenters. The number of carboxylic acids is 4. The summed E-state index contributed by atoms with van der Waals surface area (Å²) in [5.74, 6) is -6.30. The van der Waals surface area contributed by atoms with Crippen LogP contribution in [-0.2, 0) is 36.7 Å². The molecule has 3 aromatic rings. The number of unbranched alkanes of at least 4 members (excludes halogenated alkanes) is 12. The number of ether oxygens (including phenoxy) is 2. The first-order valence-corrected chi connectivity index (χ1v) is 31.1. The van der Waals surface area contributed by atoms with E-state index in [9.17, 15) is 65.6 Å². The van der Waals surface area contributed by atoms with Gasteiger partial charge in [0.2, 0.25) is 17.7 Å². The number of carbonyl (C=O) groups is 6. The second-order valence-electron chi connectivity index (χ2n) is 22.1. The van der Waals surface area contributed by atoms with Crippen LogP contribution in [0.4, 0.5) is 32.0 Å². The van der Waals surface area contributed by atoms with E-state index in [0.29, 0.717) is 96.6 Å². The van der Waals surface area contributed by atoms with Gasteiger partial charge >= 0.3 is 36.2 Å². The highest BCUT2D eigenvalue weighted by Crippen LogP contribution is 2.35. The van der Waals surface area contributed by atoms with Crippen LogP contribution in [0.2, 0.25) is 0 Å². The Labute approximate surface area is 522 Å². The minimum absolute atomic E-state index is 0.107. The summed E-state index contributed by atoms with van der Waals surface area (Å²) in [5, 5.41) is 42.1. The predicted octanol–water partition coefficient (Wildman–Crippen LogP) is 7.48. The molecule has 2 aliphatic rings. The second-order valence-corrected chi connectivity index (χ2v) is 22.1. The van der Waals surface area contributed by atoms with Gasteiger partial charge in [-0.25, -0.2) is 19.7 Å². The fourth-order valence-electron chi connectivity index (χ4n) is 10.6. The van der Waals surface area contributed by atoms with Crippen LogP contribution >= 0.6 is 0 Å². The molecule has 0 aliphatic carbocycles. The first-order chi connectivity index (χ1) is 42.9. The summed E-state index contributed by atoms with van der Waals surface area (Å²) in [5.41, 5.74) is 1.46. The lowest BCUT2D eigenvalue weighted by atomic mass is 10.0. The van der Waals surface area contributed by atoms with Crippen molar-refractivity contribution in [2.75, 3.05) is 129 Å². The normalized spacial score (nSPS) is 16.1. The van der Waals surface area contributed by atoms with Gasteiger partial charge in [-0.1, -0.05) is 77.6 Å². The number of aliphatic carboxylic acids is 4. The monoisotopic (exact) mass is 1280 g/mol. The molecular formula is C61H91F6N11O12. The van der Waals surface area contributed by atoms with Gasteiger partial charge in [-0.15, -0.1) is 0 Å². The number of nitrogens with zero attached hydrogens (tertiary/aromatic N) is 9. The number of anilines is 1. The molecule has 1 atom stereocenters. The van der Waals surface area contributed by atoms with Gasteiger partial charge in [0.25, 0.3) is 5.91 Å². The van der Waals surface area contributed by atoms with Gasteiger partial charge in [0.15, 0.2) is 5.69 Å². The first kappa shape index (κ1) is 75.5. The van der Waals surface area contributed by atoms with E-state index in [-0.39, 0.29) is 63.7 Å². The lowest BCUT2D eigenvalue weighted by molar-refractivity contribution is -0.192. The van der Waals surface area contributed by atoms with Crippen LogP contribution in [0, 0.1) is 0 Å². The van der Waals surface area contributed by atoms with E-state index in [1.807, 2.05) is 43.0 Å². The number of alkyl halides is 6. The highest BCUT2D eigenvalue weighted by Gasteiger charge is 2.41. The molecule has 504 valence electrons. The van der Waals surface area contributed by atoms with Crippen LogP contribution in [0.1, 0.15) is 132 Å². The number of aromatic nitrogens is 3. The number of piperazine rings is 1. The van der Waals surface area contributed by atoms with Crippen molar-refractivity contribution in [1.29, 1.82) is 0 Å². The Morgan fingerprint density at radius 1 is 0.589 bits per heavy atom. The number of hydrogen-bond acceptors (Lipinski definition) is 17. The molecule has 0 aromatic carbocycles. The Balaban J connectivity index is 0.00000233. The molecule has 0 radical (unpaired) electrons. The first-order valence-electron chi connectivity index (χ1n) is 31.1. The van der Waals surface area contributed by atoms with Crippen LogP contribution < -0.4 is 25.0 Å². The molecule has 5 rings (SSSR count). The Morgan fingerprint density at radius 2 is 1.08 bits per heavy atom. The van der Waals surface area contributed by atoms with Gasteiger partial charge in [-0.2, -0.15) is 26.3 Å². The molecule has 6 N–H and O–H groups in total. The van der Waals surface area contributed by atoms with Crippen molar-refractivity contribution in [2.24, 2.45) is 0 Å². The van der Waals surface area contributed by atoms with Crippen molar-refractivity contribution in [3.63, 3.8) is 0 Å². The molecular weight excluding hydrogens is 1190 g/mol. The molecule has 0 spiro atoms. The number of rotatable bonds is 34. The summed E-state index contributed by atoms with van der Waals surface area (Å²) in [6.45, 7) is 11.1. The maximum absolute atomic E-state index is 14.2. The van der Waals surface area contributed by atoms with E-state index < -0.39 is 53.4 Å². The maximum Gasteiger partial charge on any atom is 0.490 e. The Kier molecular flexibility index (Phi) is 33.6. The van der Waals surface area contributed by atoms with Crippen molar-refractivity contribution in [1.82, 2.24) is 50.1 Å². The van der Waals surface area contributed by atoms with Gasteiger partial charge in [0.05, 0.1) is 67.6 Å². The van der Waals surface area contributed by atoms with E-state index in [0.717, 1.165) is 74.5 Å². The fourth-order valence-corrected chi connectivity index (χ4v) is 10.6. The number of halogens is 6. The maximum atomic E-state index is 14.2. The highest BCUT2D eigenvalue weighted by molar-refractivity contribution is 5.96. The molecule has 23 nitrogen and oxygen atoms in total. The van der Waals surface area contributed by atoms with Gasteiger partial charge in [0, 0.05) is 103 Å². The zero-order valence-electron chi connectivity index (χ0n) is 52.0.